The molecule has 1 saturated carbocycles. The van der Waals surface area contributed by atoms with Gasteiger partial charge in [0, 0.05) is 48.8 Å². The van der Waals surface area contributed by atoms with Crippen LogP contribution < -0.4 is 4.90 Å². The molecular weight excluding hydrogens is 543 g/mol. The van der Waals surface area contributed by atoms with Gasteiger partial charge in [-0.15, -0.1) is 0 Å². The first-order chi connectivity index (χ1) is 18.5. The fraction of sp³-hybridized carbons (Fsp3) is 0.393. The SMILES string of the molecule is O=C(O)c1ccc2nc(N3C4CCC3CN(CCc3c(-c5c(Cl)cccc5Cl)noc3C3CC3)C4)sc2c1. The monoisotopic (exact) mass is 568 g/mol. The van der Waals surface area contributed by atoms with Crippen LogP contribution in [-0.4, -0.2) is 57.8 Å². The minimum atomic E-state index is -0.909. The zero-order valence-electron chi connectivity index (χ0n) is 20.6. The van der Waals surface area contributed by atoms with Crippen LogP contribution in [0.15, 0.2) is 40.9 Å². The molecule has 3 fully saturated rings. The summed E-state index contributed by atoms with van der Waals surface area (Å²) in [6, 6.07) is 11.5. The van der Waals surface area contributed by atoms with E-state index >= 15 is 0 Å². The number of anilines is 1. The molecule has 2 aliphatic heterocycles. The highest BCUT2D eigenvalue weighted by Gasteiger charge is 2.41. The molecule has 196 valence electrons. The number of likely N-dealkylation sites (tertiary alicyclic amines) is 1. The van der Waals surface area contributed by atoms with Crippen LogP contribution in [0.1, 0.15) is 53.3 Å². The Kier molecular flexibility index (Phi) is 6.11. The third-order valence-corrected chi connectivity index (χ3v) is 9.71. The first kappa shape index (κ1) is 24.4. The summed E-state index contributed by atoms with van der Waals surface area (Å²) < 4.78 is 6.79. The number of piperazine rings is 1. The van der Waals surface area contributed by atoms with E-state index in [1.54, 1.807) is 23.5 Å². The number of hydrogen-bond donors (Lipinski definition) is 1. The van der Waals surface area contributed by atoms with E-state index in [0.29, 0.717) is 33.6 Å². The van der Waals surface area contributed by atoms with E-state index in [4.69, 9.17) is 32.7 Å². The lowest BCUT2D eigenvalue weighted by molar-refractivity contribution is 0.0697. The maximum Gasteiger partial charge on any atom is 0.335 e. The molecule has 2 saturated heterocycles. The van der Waals surface area contributed by atoms with Gasteiger partial charge in [-0.3, -0.25) is 4.90 Å². The summed E-state index contributed by atoms with van der Waals surface area (Å²) in [7, 11) is 0. The molecule has 4 heterocycles. The Morgan fingerprint density at radius 3 is 2.50 bits per heavy atom. The highest BCUT2D eigenvalue weighted by molar-refractivity contribution is 7.22. The Bertz CT molecular complexity index is 1510. The van der Waals surface area contributed by atoms with E-state index in [9.17, 15) is 9.90 Å². The van der Waals surface area contributed by atoms with Crippen molar-refractivity contribution in [2.45, 2.75) is 50.1 Å². The summed E-state index contributed by atoms with van der Waals surface area (Å²) >= 11 is 14.7. The highest BCUT2D eigenvalue weighted by atomic mass is 35.5. The van der Waals surface area contributed by atoms with Crippen molar-refractivity contribution in [3.05, 3.63) is 63.3 Å². The summed E-state index contributed by atoms with van der Waals surface area (Å²) in [6.07, 6.45) is 5.38. The number of benzene rings is 2. The van der Waals surface area contributed by atoms with Gasteiger partial charge in [0.2, 0.25) is 0 Å². The lowest BCUT2D eigenvalue weighted by atomic mass is 10.0. The second kappa shape index (κ2) is 9.52. The predicted octanol–water partition coefficient (Wildman–Crippen LogP) is 6.73. The number of aromatic nitrogens is 2. The van der Waals surface area contributed by atoms with Crippen molar-refractivity contribution >= 4 is 55.9 Å². The fourth-order valence-electron chi connectivity index (χ4n) is 6.06. The average Bonchev–Trinajstić information content (AvgIpc) is 3.42. The number of rotatable bonds is 7. The predicted molar refractivity (Wildman–Crippen MR) is 150 cm³/mol. The molecule has 10 heteroatoms. The Hall–Kier alpha value is -2.65. The van der Waals surface area contributed by atoms with Crippen molar-refractivity contribution in [1.82, 2.24) is 15.0 Å². The number of carboxylic acids is 1. The largest absolute Gasteiger partial charge is 0.478 e. The van der Waals surface area contributed by atoms with Crippen LogP contribution in [0.5, 0.6) is 0 Å². The Balaban J connectivity index is 1.10. The molecule has 2 bridgehead atoms. The van der Waals surface area contributed by atoms with Gasteiger partial charge in [-0.1, -0.05) is 45.8 Å². The maximum absolute atomic E-state index is 11.4. The van der Waals surface area contributed by atoms with Crippen molar-refractivity contribution in [2.75, 3.05) is 24.5 Å². The molecule has 38 heavy (non-hydrogen) atoms. The molecule has 0 radical (unpaired) electrons. The number of carbonyl (C=O) groups is 1. The van der Waals surface area contributed by atoms with Crippen molar-refractivity contribution in [1.29, 1.82) is 0 Å². The van der Waals surface area contributed by atoms with Gasteiger partial charge in [0.1, 0.15) is 11.5 Å². The van der Waals surface area contributed by atoms with Crippen LogP contribution in [0.25, 0.3) is 21.5 Å². The van der Waals surface area contributed by atoms with Gasteiger partial charge < -0.3 is 14.5 Å². The minimum absolute atomic E-state index is 0.303. The highest BCUT2D eigenvalue weighted by Crippen LogP contribution is 2.46. The van der Waals surface area contributed by atoms with Gasteiger partial charge in [-0.05, 0) is 62.4 Å². The second-order valence-corrected chi connectivity index (χ2v) is 12.4. The Morgan fingerprint density at radius 1 is 1.08 bits per heavy atom. The standard InChI is InChI=1S/C28H26Cl2N4O3S/c29-20-2-1-3-21(30)24(20)25-19(26(37-32-25)15-4-5-15)10-11-33-13-17-7-8-18(14-33)34(17)28-31-22-9-6-16(27(35)36)12-23(22)38-28/h1-3,6,9,12,15,17-18H,4-5,7-8,10-11,13-14H2,(H,35,36). The number of thiazole rings is 1. The summed E-state index contributed by atoms with van der Waals surface area (Å²) in [5, 5.41) is 16.0. The first-order valence-corrected chi connectivity index (χ1v) is 14.6. The molecule has 4 aromatic rings. The molecule has 3 aliphatic rings. The van der Waals surface area contributed by atoms with Crippen molar-refractivity contribution in [3.63, 3.8) is 0 Å². The smallest absolute Gasteiger partial charge is 0.335 e. The van der Waals surface area contributed by atoms with E-state index in [-0.39, 0.29) is 0 Å². The summed E-state index contributed by atoms with van der Waals surface area (Å²) in [5.74, 6) is 0.530. The zero-order chi connectivity index (χ0) is 26.0. The zero-order valence-corrected chi connectivity index (χ0v) is 22.9. The van der Waals surface area contributed by atoms with Gasteiger partial charge in [-0.25, -0.2) is 9.78 Å². The summed E-state index contributed by atoms with van der Waals surface area (Å²) in [6.45, 7) is 2.86. The van der Waals surface area contributed by atoms with Gasteiger partial charge in [0.15, 0.2) is 5.13 Å². The molecule has 2 atom stereocenters. The molecule has 7 rings (SSSR count). The van der Waals surface area contributed by atoms with Gasteiger partial charge in [0.25, 0.3) is 0 Å². The van der Waals surface area contributed by atoms with E-state index in [1.807, 2.05) is 24.3 Å². The number of halogens is 2. The molecule has 0 spiro atoms. The summed E-state index contributed by atoms with van der Waals surface area (Å²) in [4.78, 5) is 21.3. The molecule has 1 aliphatic carbocycles. The van der Waals surface area contributed by atoms with E-state index in [0.717, 1.165) is 89.7 Å². The number of hydrogen-bond acceptors (Lipinski definition) is 7. The van der Waals surface area contributed by atoms with Gasteiger partial charge >= 0.3 is 5.97 Å². The van der Waals surface area contributed by atoms with Gasteiger partial charge in [0.05, 0.1) is 25.8 Å². The van der Waals surface area contributed by atoms with Gasteiger partial charge in [-0.2, -0.15) is 0 Å². The van der Waals surface area contributed by atoms with Crippen LogP contribution >= 0.6 is 34.5 Å². The Morgan fingerprint density at radius 2 is 1.82 bits per heavy atom. The lowest BCUT2D eigenvalue weighted by Gasteiger charge is -2.41. The van der Waals surface area contributed by atoms with E-state index in [1.165, 1.54) is 0 Å². The minimum Gasteiger partial charge on any atom is -0.478 e. The van der Waals surface area contributed by atoms with Crippen LogP contribution in [0.3, 0.4) is 0 Å². The lowest BCUT2D eigenvalue weighted by Crippen LogP contribution is -2.54. The molecule has 0 amide bonds. The quantitative estimate of drug-likeness (QED) is 0.264. The average molecular weight is 570 g/mol. The van der Waals surface area contributed by atoms with Crippen LogP contribution in [0.2, 0.25) is 10.0 Å². The normalized spacial score (nSPS) is 21.5. The summed E-state index contributed by atoms with van der Waals surface area (Å²) in [5.41, 5.74) is 3.84. The van der Waals surface area contributed by atoms with E-state index < -0.39 is 5.97 Å². The maximum atomic E-state index is 11.4. The van der Waals surface area contributed by atoms with Crippen LogP contribution in [-0.2, 0) is 6.42 Å². The molecule has 7 nitrogen and oxygen atoms in total. The van der Waals surface area contributed by atoms with Crippen molar-refractivity contribution < 1.29 is 14.4 Å². The third kappa shape index (κ3) is 4.28. The van der Waals surface area contributed by atoms with Crippen LogP contribution in [0.4, 0.5) is 5.13 Å². The third-order valence-electron chi connectivity index (χ3n) is 8.05. The molecule has 2 aromatic carbocycles. The molecule has 2 aromatic heterocycles. The van der Waals surface area contributed by atoms with Crippen molar-refractivity contribution in [3.8, 4) is 11.3 Å². The molecule has 1 N–H and O–H groups in total. The topological polar surface area (TPSA) is 82.7 Å². The van der Waals surface area contributed by atoms with E-state index in [2.05, 4.69) is 15.0 Å². The number of aromatic carboxylic acids is 1. The Labute approximate surface area is 233 Å². The fourth-order valence-corrected chi connectivity index (χ4v) is 7.79. The van der Waals surface area contributed by atoms with Crippen LogP contribution in [0, 0.1) is 0 Å². The van der Waals surface area contributed by atoms with Crippen molar-refractivity contribution in [2.24, 2.45) is 0 Å². The second-order valence-electron chi connectivity index (χ2n) is 10.5. The first-order valence-electron chi connectivity index (χ1n) is 13.0. The number of fused-ring (bicyclic) bond motifs is 3. The number of nitrogens with zero attached hydrogens (tertiary/aromatic N) is 4. The molecular formula is C28H26Cl2N4O3S. The molecule has 2 unspecified atom stereocenters. The number of carboxylic acid groups (broad SMARTS) is 1.